The zero-order chi connectivity index (χ0) is 20.5. The third-order valence-corrected chi connectivity index (χ3v) is 7.06. The Labute approximate surface area is 165 Å². The summed E-state index contributed by atoms with van der Waals surface area (Å²) in [5.74, 6) is -0.305. The standard InChI is InChI=1S/C19H23FN2O4S2/c1-27(23,24)15-7-8-18(19(13-15)28(2,25)26)22-11-9-14(10-12-22)21-17-6-4-3-5-16(17)20/h3-8,13-14,21H,9-12H2,1-2H3. The molecule has 2 aromatic carbocycles. The highest BCUT2D eigenvalue weighted by Gasteiger charge is 2.25. The molecule has 0 saturated carbocycles. The van der Waals surface area contributed by atoms with Crippen LogP contribution in [0, 0.1) is 5.82 Å². The molecular formula is C19H23FN2O4S2. The van der Waals surface area contributed by atoms with Gasteiger partial charge in [0.05, 0.1) is 21.2 Å². The van der Waals surface area contributed by atoms with E-state index in [9.17, 15) is 21.2 Å². The van der Waals surface area contributed by atoms with Gasteiger partial charge >= 0.3 is 0 Å². The van der Waals surface area contributed by atoms with Crippen molar-refractivity contribution in [2.75, 3.05) is 35.8 Å². The fourth-order valence-electron chi connectivity index (χ4n) is 3.35. The van der Waals surface area contributed by atoms with E-state index in [2.05, 4.69) is 5.32 Å². The number of halogens is 1. The Morgan fingerprint density at radius 3 is 2.18 bits per heavy atom. The Bertz CT molecular complexity index is 1080. The van der Waals surface area contributed by atoms with Gasteiger partial charge in [-0.05, 0) is 43.2 Å². The van der Waals surface area contributed by atoms with E-state index in [1.165, 1.54) is 18.2 Å². The maximum absolute atomic E-state index is 13.8. The van der Waals surface area contributed by atoms with E-state index in [1.807, 2.05) is 4.90 Å². The summed E-state index contributed by atoms with van der Waals surface area (Å²) in [5, 5.41) is 3.20. The summed E-state index contributed by atoms with van der Waals surface area (Å²) in [6.07, 6.45) is 3.52. The molecule has 0 spiro atoms. The van der Waals surface area contributed by atoms with Gasteiger partial charge in [-0.15, -0.1) is 0 Å². The lowest BCUT2D eigenvalue weighted by atomic mass is 10.0. The third kappa shape index (κ3) is 4.64. The van der Waals surface area contributed by atoms with Crippen LogP contribution in [-0.4, -0.2) is 48.5 Å². The fourth-order valence-corrected chi connectivity index (χ4v) is 4.99. The molecule has 1 saturated heterocycles. The summed E-state index contributed by atoms with van der Waals surface area (Å²) in [4.78, 5) is 1.92. The van der Waals surface area contributed by atoms with Crippen molar-refractivity contribution in [1.29, 1.82) is 0 Å². The number of piperidine rings is 1. The number of hydrogen-bond donors (Lipinski definition) is 1. The SMILES string of the molecule is CS(=O)(=O)c1ccc(N2CCC(Nc3ccccc3F)CC2)c(S(C)(=O)=O)c1. The van der Waals surface area contributed by atoms with Crippen LogP contribution in [-0.2, 0) is 19.7 Å². The predicted molar refractivity (Wildman–Crippen MR) is 108 cm³/mol. The first-order valence-corrected chi connectivity index (χ1v) is 12.6. The third-order valence-electron chi connectivity index (χ3n) is 4.83. The second-order valence-electron chi connectivity index (χ2n) is 7.06. The zero-order valence-corrected chi connectivity index (χ0v) is 17.4. The van der Waals surface area contributed by atoms with Gasteiger partial charge in [-0.2, -0.15) is 0 Å². The van der Waals surface area contributed by atoms with Crippen LogP contribution in [0.3, 0.4) is 0 Å². The number of benzene rings is 2. The van der Waals surface area contributed by atoms with Crippen LogP contribution in [0.1, 0.15) is 12.8 Å². The number of nitrogens with zero attached hydrogens (tertiary/aromatic N) is 1. The highest BCUT2D eigenvalue weighted by molar-refractivity contribution is 7.91. The van der Waals surface area contributed by atoms with Gasteiger partial charge in [-0.3, -0.25) is 0 Å². The van der Waals surface area contributed by atoms with Crippen LogP contribution in [0.4, 0.5) is 15.8 Å². The molecule has 28 heavy (non-hydrogen) atoms. The number of anilines is 2. The predicted octanol–water partition coefficient (Wildman–Crippen LogP) is 2.71. The first-order chi connectivity index (χ1) is 13.1. The number of nitrogens with one attached hydrogen (secondary N) is 1. The molecule has 1 aliphatic heterocycles. The first kappa shape index (κ1) is 20.6. The monoisotopic (exact) mass is 426 g/mol. The molecule has 0 bridgehead atoms. The summed E-state index contributed by atoms with van der Waals surface area (Å²) in [5.41, 5.74) is 0.953. The largest absolute Gasteiger partial charge is 0.380 e. The molecule has 3 rings (SSSR count). The molecular weight excluding hydrogens is 403 g/mol. The first-order valence-electron chi connectivity index (χ1n) is 8.86. The zero-order valence-electron chi connectivity index (χ0n) is 15.7. The lowest BCUT2D eigenvalue weighted by molar-refractivity contribution is 0.519. The maximum atomic E-state index is 13.8. The molecule has 2 aromatic rings. The average Bonchev–Trinajstić information content (AvgIpc) is 2.62. The van der Waals surface area contributed by atoms with Crippen LogP contribution in [0.15, 0.2) is 52.3 Å². The molecule has 1 heterocycles. The second kappa shape index (κ2) is 7.71. The molecule has 6 nitrogen and oxygen atoms in total. The average molecular weight is 427 g/mol. The minimum atomic E-state index is -3.60. The molecule has 1 N–H and O–H groups in total. The summed E-state index contributed by atoms with van der Waals surface area (Å²) < 4.78 is 61.9. The van der Waals surface area contributed by atoms with Gasteiger partial charge in [0.1, 0.15) is 5.82 Å². The smallest absolute Gasteiger partial charge is 0.177 e. The number of sulfone groups is 2. The normalized spacial score (nSPS) is 16.2. The van der Waals surface area contributed by atoms with Gasteiger partial charge in [0.25, 0.3) is 0 Å². The number of hydrogen-bond acceptors (Lipinski definition) is 6. The molecule has 0 atom stereocenters. The molecule has 0 aliphatic carbocycles. The summed E-state index contributed by atoms with van der Waals surface area (Å²) in [6.45, 7) is 1.15. The fraction of sp³-hybridized carbons (Fsp3) is 0.368. The van der Waals surface area contributed by atoms with E-state index in [0.717, 1.165) is 12.5 Å². The molecule has 0 unspecified atom stereocenters. The van der Waals surface area contributed by atoms with E-state index < -0.39 is 19.7 Å². The van der Waals surface area contributed by atoms with Crippen molar-refractivity contribution in [3.63, 3.8) is 0 Å². The van der Waals surface area contributed by atoms with E-state index in [0.29, 0.717) is 37.3 Å². The van der Waals surface area contributed by atoms with Crippen LogP contribution in [0.25, 0.3) is 0 Å². The topological polar surface area (TPSA) is 83.6 Å². The number of para-hydroxylation sites is 1. The van der Waals surface area contributed by atoms with Gasteiger partial charge in [0, 0.05) is 31.6 Å². The Balaban J connectivity index is 1.79. The molecule has 9 heteroatoms. The van der Waals surface area contributed by atoms with Crippen molar-refractivity contribution < 1.29 is 21.2 Å². The van der Waals surface area contributed by atoms with Crippen molar-refractivity contribution in [2.45, 2.75) is 28.7 Å². The molecule has 0 amide bonds. The highest BCUT2D eigenvalue weighted by atomic mass is 32.2. The van der Waals surface area contributed by atoms with Crippen molar-refractivity contribution in [3.8, 4) is 0 Å². The minimum absolute atomic E-state index is 0.0101. The summed E-state index contributed by atoms with van der Waals surface area (Å²) in [7, 11) is -7.11. The molecule has 152 valence electrons. The Morgan fingerprint density at radius 1 is 0.964 bits per heavy atom. The lowest BCUT2D eigenvalue weighted by Gasteiger charge is -2.35. The van der Waals surface area contributed by atoms with Gasteiger partial charge in [0.2, 0.25) is 0 Å². The summed E-state index contributed by atoms with van der Waals surface area (Å²) in [6, 6.07) is 10.8. The second-order valence-corrected chi connectivity index (χ2v) is 11.1. The van der Waals surface area contributed by atoms with E-state index in [4.69, 9.17) is 0 Å². The van der Waals surface area contributed by atoms with Gasteiger partial charge in [-0.25, -0.2) is 21.2 Å². The van der Waals surface area contributed by atoms with Crippen molar-refractivity contribution >= 4 is 31.0 Å². The summed E-state index contributed by atoms with van der Waals surface area (Å²) >= 11 is 0. The van der Waals surface area contributed by atoms with Crippen LogP contribution >= 0.6 is 0 Å². The van der Waals surface area contributed by atoms with Crippen molar-refractivity contribution in [1.82, 2.24) is 0 Å². The van der Waals surface area contributed by atoms with Gasteiger partial charge < -0.3 is 10.2 Å². The molecule has 1 aliphatic rings. The maximum Gasteiger partial charge on any atom is 0.177 e. The van der Waals surface area contributed by atoms with Crippen LogP contribution in [0.5, 0.6) is 0 Å². The molecule has 1 fully saturated rings. The number of rotatable bonds is 5. The van der Waals surface area contributed by atoms with E-state index in [-0.39, 0.29) is 21.7 Å². The quantitative estimate of drug-likeness (QED) is 0.792. The van der Waals surface area contributed by atoms with Crippen LogP contribution in [0.2, 0.25) is 0 Å². The van der Waals surface area contributed by atoms with Gasteiger partial charge in [0.15, 0.2) is 19.7 Å². The lowest BCUT2D eigenvalue weighted by Crippen LogP contribution is -2.39. The van der Waals surface area contributed by atoms with E-state index in [1.54, 1.807) is 24.3 Å². The highest BCUT2D eigenvalue weighted by Crippen LogP contribution is 2.31. The Kier molecular flexibility index (Phi) is 5.67. The van der Waals surface area contributed by atoms with Gasteiger partial charge in [-0.1, -0.05) is 12.1 Å². The van der Waals surface area contributed by atoms with E-state index >= 15 is 0 Å². The van der Waals surface area contributed by atoms with Crippen molar-refractivity contribution in [3.05, 3.63) is 48.3 Å². The van der Waals surface area contributed by atoms with Crippen LogP contribution < -0.4 is 10.2 Å². The molecule has 0 aromatic heterocycles. The molecule has 0 radical (unpaired) electrons. The minimum Gasteiger partial charge on any atom is -0.380 e. The Hall–Kier alpha value is -2.13. The Morgan fingerprint density at radius 2 is 1.61 bits per heavy atom. The van der Waals surface area contributed by atoms with Crippen molar-refractivity contribution in [2.24, 2.45) is 0 Å².